The third-order valence-corrected chi connectivity index (χ3v) is 1.38. The van der Waals surface area contributed by atoms with Gasteiger partial charge in [0.2, 0.25) is 0 Å². The van der Waals surface area contributed by atoms with E-state index >= 15 is 0 Å². The molecule has 7 heteroatoms. The summed E-state index contributed by atoms with van der Waals surface area (Å²) in [5, 5.41) is 21.4. The van der Waals surface area contributed by atoms with Gasteiger partial charge in [-0.2, -0.15) is 12.6 Å². The van der Waals surface area contributed by atoms with Crippen molar-refractivity contribution in [1.29, 1.82) is 0 Å². The number of aliphatic hydroxyl groups is 1. The molecule has 0 aromatic carbocycles. The molecule has 0 aromatic rings. The summed E-state index contributed by atoms with van der Waals surface area (Å²) in [6.45, 7) is 0.0276. The van der Waals surface area contributed by atoms with Gasteiger partial charge in [0.05, 0.1) is 6.54 Å². The van der Waals surface area contributed by atoms with Crippen molar-refractivity contribution in [3.63, 3.8) is 0 Å². The van der Waals surface area contributed by atoms with Gasteiger partial charge in [0.15, 0.2) is 0 Å². The number of carboxylic acid groups (broad SMARTS) is 1. The summed E-state index contributed by atoms with van der Waals surface area (Å²) < 4.78 is 0. The SMILES string of the molecule is O=C(O)NC[C@H](O)C(=O)NCCS. The molecule has 2 amide bonds. The van der Waals surface area contributed by atoms with Crippen LogP contribution in [0.3, 0.4) is 0 Å². The molecule has 1 atom stereocenters. The zero-order chi connectivity index (χ0) is 10.3. The molecule has 0 spiro atoms. The predicted molar refractivity (Wildman–Crippen MR) is 48.9 cm³/mol. The Morgan fingerprint density at radius 1 is 1.38 bits per heavy atom. The Hall–Kier alpha value is -0.950. The summed E-state index contributed by atoms with van der Waals surface area (Å²) in [5.74, 6) is -0.145. The van der Waals surface area contributed by atoms with Crippen LogP contribution < -0.4 is 10.6 Å². The molecule has 0 aliphatic heterocycles. The number of aliphatic hydroxyl groups excluding tert-OH is 1. The van der Waals surface area contributed by atoms with Crippen LogP contribution in [-0.4, -0.2) is 47.2 Å². The highest BCUT2D eigenvalue weighted by Gasteiger charge is 2.14. The van der Waals surface area contributed by atoms with Crippen molar-refractivity contribution in [3.8, 4) is 0 Å². The van der Waals surface area contributed by atoms with E-state index in [1.54, 1.807) is 0 Å². The number of hydrogen-bond donors (Lipinski definition) is 5. The maximum Gasteiger partial charge on any atom is 0.404 e. The highest BCUT2D eigenvalue weighted by molar-refractivity contribution is 7.80. The Morgan fingerprint density at radius 2 is 2.00 bits per heavy atom. The second-order valence-electron chi connectivity index (χ2n) is 2.22. The third-order valence-electron chi connectivity index (χ3n) is 1.16. The number of nitrogens with one attached hydrogen (secondary N) is 2. The van der Waals surface area contributed by atoms with Crippen molar-refractivity contribution in [2.45, 2.75) is 6.10 Å². The fraction of sp³-hybridized carbons (Fsp3) is 0.667. The molecular formula is C6H12N2O4S. The summed E-state index contributed by atoms with van der Waals surface area (Å²) in [5.41, 5.74) is 0. The number of amides is 2. The second kappa shape index (κ2) is 6.55. The molecular weight excluding hydrogens is 196 g/mol. The fourth-order valence-corrected chi connectivity index (χ4v) is 0.685. The Kier molecular flexibility index (Phi) is 6.07. The van der Waals surface area contributed by atoms with Gasteiger partial charge < -0.3 is 20.8 Å². The molecule has 76 valence electrons. The van der Waals surface area contributed by atoms with Gasteiger partial charge in [-0.3, -0.25) is 4.79 Å². The number of carbonyl (C=O) groups is 2. The van der Waals surface area contributed by atoms with Gasteiger partial charge in [0.1, 0.15) is 6.10 Å². The monoisotopic (exact) mass is 208 g/mol. The molecule has 0 aliphatic rings. The second-order valence-corrected chi connectivity index (χ2v) is 2.66. The Morgan fingerprint density at radius 3 is 2.46 bits per heavy atom. The normalized spacial score (nSPS) is 11.8. The van der Waals surface area contributed by atoms with E-state index in [1.165, 1.54) is 0 Å². The van der Waals surface area contributed by atoms with Crippen molar-refractivity contribution in [1.82, 2.24) is 10.6 Å². The van der Waals surface area contributed by atoms with E-state index in [2.05, 4.69) is 17.9 Å². The van der Waals surface area contributed by atoms with E-state index in [9.17, 15) is 9.59 Å². The zero-order valence-corrected chi connectivity index (χ0v) is 7.75. The molecule has 0 radical (unpaired) electrons. The van der Waals surface area contributed by atoms with Crippen LogP contribution in [0.5, 0.6) is 0 Å². The van der Waals surface area contributed by atoms with Gasteiger partial charge in [-0.1, -0.05) is 0 Å². The molecule has 0 rings (SSSR count). The minimum Gasteiger partial charge on any atom is -0.465 e. The van der Waals surface area contributed by atoms with Crippen molar-refractivity contribution in [3.05, 3.63) is 0 Å². The van der Waals surface area contributed by atoms with E-state index in [-0.39, 0.29) is 6.54 Å². The highest BCUT2D eigenvalue weighted by Crippen LogP contribution is 1.81. The Bertz CT molecular complexity index is 187. The van der Waals surface area contributed by atoms with E-state index in [0.29, 0.717) is 12.3 Å². The van der Waals surface area contributed by atoms with Gasteiger partial charge in [-0.15, -0.1) is 0 Å². The van der Waals surface area contributed by atoms with Crippen molar-refractivity contribution < 1.29 is 19.8 Å². The summed E-state index contributed by atoms with van der Waals surface area (Å²) >= 11 is 3.84. The first-order chi connectivity index (χ1) is 6.07. The molecule has 0 saturated carbocycles. The van der Waals surface area contributed by atoms with Crippen molar-refractivity contribution >= 4 is 24.6 Å². The lowest BCUT2D eigenvalue weighted by Crippen LogP contribution is -2.42. The maximum atomic E-state index is 10.9. The third kappa shape index (κ3) is 6.23. The molecule has 0 bridgehead atoms. The minimum atomic E-state index is -1.35. The first kappa shape index (κ1) is 12.0. The van der Waals surface area contributed by atoms with Crippen LogP contribution in [0.25, 0.3) is 0 Å². The smallest absolute Gasteiger partial charge is 0.404 e. The number of carbonyl (C=O) groups excluding carboxylic acids is 1. The number of thiol groups is 1. The lowest BCUT2D eigenvalue weighted by molar-refractivity contribution is -0.128. The largest absolute Gasteiger partial charge is 0.465 e. The summed E-state index contributed by atoms with van der Waals surface area (Å²) in [6.07, 6.45) is -2.63. The van der Waals surface area contributed by atoms with Crippen molar-refractivity contribution in [2.75, 3.05) is 18.8 Å². The number of rotatable bonds is 5. The quantitative estimate of drug-likeness (QED) is 0.361. The van der Waals surface area contributed by atoms with Crippen LogP contribution in [0.1, 0.15) is 0 Å². The molecule has 13 heavy (non-hydrogen) atoms. The first-order valence-electron chi connectivity index (χ1n) is 3.61. The molecule has 0 aliphatic carbocycles. The van der Waals surface area contributed by atoms with E-state index in [0.717, 1.165) is 0 Å². The Balaban J connectivity index is 3.62. The molecule has 0 fully saturated rings. The average molecular weight is 208 g/mol. The van der Waals surface area contributed by atoms with Crippen LogP contribution >= 0.6 is 12.6 Å². The molecule has 6 nitrogen and oxygen atoms in total. The maximum absolute atomic E-state index is 10.9. The molecule has 0 heterocycles. The lowest BCUT2D eigenvalue weighted by Gasteiger charge is -2.09. The van der Waals surface area contributed by atoms with Gasteiger partial charge >= 0.3 is 6.09 Å². The summed E-state index contributed by atoms with van der Waals surface area (Å²) in [6, 6.07) is 0. The fourth-order valence-electron chi connectivity index (χ4n) is 0.574. The van der Waals surface area contributed by atoms with Gasteiger partial charge in [0, 0.05) is 12.3 Å². The standard InChI is InChI=1S/C6H12N2O4S/c9-4(3-8-6(11)12)5(10)7-1-2-13/h4,8-9,13H,1-3H2,(H,7,10)(H,11,12)/t4-/m0/s1. The zero-order valence-electron chi connectivity index (χ0n) is 6.86. The molecule has 4 N–H and O–H groups in total. The number of hydrogen-bond acceptors (Lipinski definition) is 4. The van der Waals surface area contributed by atoms with E-state index < -0.39 is 18.1 Å². The average Bonchev–Trinajstić information content (AvgIpc) is 2.10. The highest BCUT2D eigenvalue weighted by atomic mass is 32.1. The molecule has 0 unspecified atom stereocenters. The first-order valence-corrected chi connectivity index (χ1v) is 4.24. The van der Waals surface area contributed by atoms with Crippen LogP contribution in [-0.2, 0) is 4.79 Å². The van der Waals surface area contributed by atoms with Crippen LogP contribution in [0.15, 0.2) is 0 Å². The summed E-state index contributed by atoms with van der Waals surface area (Å²) in [7, 11) is 0. The van der Waals surface area contributed by atoms with Crippen molar-refractivity contribution in [2.24, 2.45) is 0 Å². The molecule has 0 aromatic heterocycles. The predicted octanol–water partition coefficient (Wildman–Crippen LogP) is -1.34. The van der Waals surface area contributed by atoms with E-state index in [4.69, 9.17) is 10.2 Å². The Labute approximate surface area is 80.7 Å². The molecule has 0 saturated heterocycles. The minimum absolute atomic E-state index is 0.312. The van der Waals surface area contributed by atoms with Gasteiger partial charge in [0.25, 0.3) is 5.91 Å². The van der Waals surface area contributed by atoms with Gasteiger partial charge in [-0.05, 0) is 0 Å². The topological polar surface area (TPSA) is 98.7 Å². The summed E-state index contributed by atoms with van der Waals surface area (Å²) in [4.78, 5) is 20.9. The van der Waals surface area contributed by atoms with E-state index in [1.807, 2.05) is 5.32 Å². The van der Waals surface area contributed by atoms with Gasteiger partial charge in [-0.25, -0.2) is 4.79 Å². The van der Waals surface area contributed by atoms with Crippen LogP contribution in [0, 0.1) is 0 Å². The van der Waals surface area contributed by atoms with Crippen LogP contribution in [0.4, 0.5) is 4.79 Å². The van der Waals surface area contributed by atoms with Crippen LogP contribution in [0.2, 0.25) is 0 Å². The lowest BCUT2D eigenvalue weighted by atomic mass is 10.3.